The molecule has 0 saturated heterocycles. The lowest BCUT2D eigenvalue weighted by Gasteiger charge is -2.11. The first-order valence-corrected chi connectivity index (χ1v) is 8.27. The van der Waals surface area contributed by atoms with Crippen molar-refractivity contribution in [2.45, 2.75) is 52.6 Å². The van der Waals surface area contributed by atoms with E-state index >= 15 is 0 Å². The maximum Gasteiger partial charge on any atom is 0.291 e. The Kier molecular flexibility index (Phi) is 4.42. The molecule has 24 heavy (non-hydrogen) atoms. The molecule has 3 aromatic heterocycles. The van der Waals surface area contributed by atoms with E-state index in [4.69, 9.17) is 4.42 Å². The van der Waals surface area contributed by atoms with Crippen LogP contribution >= 0.6 is 0 Å². The zero-order valence-corrected chi connectivity index (χ0v) is 14.2. The second-order valence-corrected chi connectivity index (χ2v) is 6.09. The molecule has 3 heterocycles. The Hall–Kier alpha value is -2.57. The number of aryl methyl sites for hydroxylation is 2. The van der Waals surface area contributed by atoms with E-state index in [2.05, 4.69) is 10.4 Å². The molecule has 7 heteroatoms. The third-order valence-corrected chi connectivity index (χ3v) is 4.26. The Morgan fingerprint density at radius 1 is 1.42 bits per heavy atom. The van der Waals surface area contributed by atoms with E-state index in [0.29, 0.717) is 36.3 Å². The van der Waals surface area contributed by atoms with Crippen LogP contribution in [-0.2, 0) is 11.3 Å². The van der Waals surface area contributed by atoms with Gasteiger partial charge in [-0.05, 0) is 26.7 Å². The van der Waals surface area contributed by atoms with Gasteiger partial charge in [0.05, 0.1) is 11.8 Å². The van der Waals surface area contributed by atoms with E-state index in [1.54, 1.807) is 16.7 Å². The second kappa shape index (κ2) is 6.51. The van der Waals surface area contributed by atoms with Gasteiger partial charge in [-0.3, -0.25) is 14.0 Å². The number of nitrogens with zero attached hydrogens (tertiary/aromatic N) is 3. The summed E-state index contributed by atoms with van der Waals surface area (Å²) >= 11 is 0. The van der Waals surface area contributed by atoms with Crippen LogP contribution in [0.1, 0.15) is 38.9 Å². The van der Waals surface area contributed by atoms with Gasteiger partial charge >= 0.3 is 0 Å². The molecule has 0 saturated carbocycles. The summed E-state index contributed by atoms with van der Waals surface area (Å²) in [6.07, 6.45) is 3.45. The van der Waals surface area contributed by atoms with Crippen LogP contribution < -0.4 is 10.9 Å². The van der Waals surface area contributed by atoms with Gasteiger partial charge in [0.1, 0.15) is 11.3 Å². The average Bonchev–Trinajstić information content (AvgIpc) is 3.12. The Morgan fingerprint density at radius 2 is 2.21 bits per heavy atom. The minimum atomic E-state index is -0.172. The average molecular weight is 330 g/mol. The SMILES string of the molecule is CC[C@@H](C)NC(=O)CCCn1nc(C)n2c(cc3occc32)c1=O. The monoisotopic (exact) mass is 330 g/mol. The van der Waals surface area contributed by atoms with Gasteiger partial charge in [-0.1, -0.05) is 6.92 Å². The van der Waals surface area contributed by atoms with E-state index in [0.717, 1.165) is 11.9 Å². The summed E-state index contributed by atoms with van der Waals surface area (Å²) in [5.74, 6) is 0.723. The number of hydrogen-bond acceptors (Lipinski definition) is 4. The predicted octanol–water partition coefficient (Wildman–Crippen LogP) is 2.25. The normalized spacial score (nSPS) is 12.8. The van der Waals surface area contributed by atoms with E-state index < -0.39 is 0 Å². The van der Waals surface area contributed by atoms with Crippen molar-refractivity contribution >= 4 is 22.5 Å². The fraction of sp³-hybridized carbons (Fsp3) is 0.471. The lowest BCUT2D eigenvalue weighted by molar-refractivity contribution is -0.121. The van der Waals surface area contributed by atoms with Crippen LogP contribution in [0.15, 0.2) is 27.6 Å². The van der Waals surface area contributed by atoms with Crippen LogP contribution in [0.25, 0.3) is 16.6 Å². The zero-order chi connectivity index (χ0) is 17.3. The lowest BCUT2D eigenvalue weighted by atomic mass is 10.2. The predicted molar refractivity (Wildman–Crippen MR) is 91.1 cm³/mol. The molecule has 7 nitrogen and oxygen atoms in total. The topological polar surface area (TPSA) is 81.5 Å². The third-order valence-electron chi connectivity index (χ3n) is 4.26. The van der Waals surface area contributed by atoms with E-state index in [1.807, 2.05) is 26.8 Å². The van der Waals surface area contributed by atoms with Crippen molar-refractivity contribution in [2.75, 3.05) is 0 Å². The second-order valence-electron chi connectivity index (χ2n) is 6.09. The van der Waals surface area contributed by atoms with E-state index in [1.165, 1.54) is 4.68 Å². The molecule has 1 atom stereocenters. The Labute approximate surface area is 139 Å². The molecule has 1 N–H and O–H groups in total. The number of amides is 1. The molecular formula is C17H22N4O3. The zero-order valence-electron chi connectivity index (χ0n) is 14.2. The smallest absolute Gasteiger partial charge is 0.291 e. The minimum Gasteiger partial charge on any atom is -0.463 e. The summed E-state index contributed by atoms with van der Waals surface area (Å²) in [6.45, 7) is 6.27. The lowest BCUT2D eigenvalue weighted by Crippen LogP contribution is -2.32. The van der Waals surface area contributed by atoms with Crippen molar-refractivity contribution in [1.29, 1.82) is 0 Å². The molecule has 0 aliphatic carbocycles. The number of carbonyl (C=O) groups excluding carboxylic acids is 1. The summed E-state index contributed by atoms with van der Waals surface area (Å²) in [4.78, 5) is 24.4. The first-order chi connectivity index (χ1) is 11.5. The maximum absolute atomic E-state index is 12.6. The molecule has 0 radical (unpaired) electrons. The molecule has 1 amide bonds. The van der Waals surface area contributed by atoms with Crippen molar-refractivity contribution in [3.8, 4) is 0 Å². The highest BCUT2D eigenvalue weighted by atomic mass is 16.3. The number of carbonyl (C=O) groups is 1. The van der Waals surface area contributed by atoms with Crippen LogP contribution in [0.5, 0.6) is 0 Å². The summed E-state index contributed by atoms with van der Waals surface area (Å²) in [5, 5.41) is 7.29. The van der Waals surface area contributed by atoms with Crippen molar-refractivity contribution in [2.24, 2.45) is 0 Å². The van der Waals surface area contributed by atoms with Crippen LogP contribution in [0, 0.1) is 6.92 Å². The van der Waals surface area contributed by atoms with Crippen LogP contribution in [-0.4, -0.2) is 26.1 Å². The first-order valence-electron chi connectivity index (χ1n) is 8.27. The van der Waals surface area contributed by atoms with Gasteiger partial charge in [0, 0.05) is 31.1 Å². The number of aromatic nitrogens is 3. The van der Waals surface area contributed by atoms with E-state index in [9.17, 15) is 9.59 Å². The van der Waals surface area contributed by atoms with Gasteiger partial charge in [0.15, 0.2) is 5.58 Å². The summed E-state index contributed by atoms with van der Waals surface area (Å²) in [6, 6.07) is 3.73. The number of furan rings is 1. The molecule has 0 aliphatic heterocycles. The van der Waals surface area contributed by atoms with Crippen LogP contribution in [0.3, 0.4) is 0 Å². The van der Waals surface area contributed by atoms with Gasteiger partial charge in [-0.2, -0.15) is 5.10 Å². The van der Waals surface area contributed by atoms with Crippen LogP contribution in [0.2, 0.25) is 0 Å². The van der Waals surface area contributed by atoms with Gasteiger partial charge in [-0.25, -0.2) is 4.68 Å². The quantitative estimate of drug-likeness (QED) is 0.751. The number of hydrogen-bond donors (Lipinski definition) is 1. The molecule has 3 aromatic rings. The summed E-state index contributed by atoms with van der Waals surface area (Å²) in [7, 11) is 0. The fourth-order valence-electron chi connectivity index (χ4n) is 2.82. The first kappa shape index (κ1) is 16.3. The molecule has 0 aliphatic rings. The molecule has 0 aromatic carbocycles. The summed E-state index contributed by atoms with van der Waals surface area (Å²) < 4.78 is 8.59. The molecule has 0 bridgehead atoms. The van der Waals surface area contributed by atoms with Gasteiger partial charge in [-0.15, -0.1) is 0 Å². The van der Waals surface area contributed by atoms with E-state index in [-0.39, 0.29) is 17.5 Å². The largest absolute Gasteiger partial charge is 0.463 e. The Morgan fingerprint density at radius 3 is 2.96 bits per heavy atom. The maximum atomic E-state index is 12.6. The molecule has 128 valence electrons. The molecular weight excluding hydrogens is 308 g/mol. The molecule has 0 unspecified atom stereocenters. The number of fused-ring (bicyclic) bond motifs is 3. The van der Waals surface area contributed by atoms with Crippen molar-refractivity contribution in [1.82, 2.24) is 19.5 Å². The standard InChI is InChI=1S/C17H22N4O3/c1-4-11(2)18-16(22)6-5-8-20-17(23)14-10-15-13(7-9-24-15)21(14)12(3)19-20/h7,9-11H,4-6,8H2,1-3H3,(H,18,22)/t11-/m1/s1. The van der Waals surface area contributed by atoms with Gasteiger partial charge in [0.25, 0.3) is 5.56 Å². The minimum absolute atomic E-state index is 0.00963. The Bertz CT molecular complexity index is 935. The van der Waals surface area contributed by atoms with Crippen molar-refractivity contribution in [3.63, 3.8) is 0 Å². The molecule has 0 spiro atoms. The third kappa shape index (κ3) is 2.93. The highest BCUT2D eigenvalue weighted by Gasteiger charge is 2.14. The highest BCUT2D eigenvalue weighted by Crippen LogP contribution is 2.19. The van der Waals surface area contributed by atoms with Crippen LogP contribution in [0.4, 0.5) is 0 Å². The van der Waals surface area contributed by atoms with Gasteiger partial charge < -0.3 is 9.73 Å². The van der Waals surface area contributed by atoms with Crippen molar-refractivity contribution < 1.29 is 9.21 Å². The highest BCUT2D eigenvalue weighted by molar-refractivity contribution is 5.82. The molecule has 3 rings (SSSR count). The summed E-state index contributed by atoms with van der Waals surface area (Å²) in [5.41, 5.74) is 1.88. The number of rotatable bonds is 6. The number of nitrogens with one attached hydrogen (secondary N) is 1. The van der Waals surface area contributed by atoms with Gasteiger partial charge in [0.2, 0.25) is 5.91 Å². The van der Waals surface area contributed by atoms with Crippen molar-refractivity contribution in [3.05, 3.63) is 34.6 Å². The Balaban J connectivity index is 1.77. The molecule has 0 fully saturated rings. The fourth-order valence-corrected chi connectivity index (χ4v) is 2.82.